The summed E-state index contributed by atoms with van der Waals surface area (Å²) in [6.45, 7) is 2.59. The van der Waals surface area contributed by atoms with Gasteiger partial charge >= 0.3 is 5.97 Å². The highest BCUT2D eigenvalue weighted by atomic mass is 32.2. The third-order valence-electron chi connectivity index (χ3n) is 4.73. The van der Waals surface area contributed by atoms with Crippen LogP contribution in [-0.4, -0.2) is 38.0 Å². The van der Waals surface area contributed by atoms with Crippen LogP contribution in [0.4, 0.5) is 5.69 Å². The molecule has 2 aliphatic rings. The van der Waals surface area contributed by atoms with Crippen molar-refractivity contribution in [1.29, 1.82) is 0 Å². The maximum absolute atomic E-state index is 12.7. The van der Waals surface area contributed by atoms with E-state index in [0.717, 1.165) is 24.1 Å². The number of carboxylic acids is 1. The largest absolute Gasteiger partial charge is 0.480 e. The van der Waals surface area contributed by atoms with Crippen LogP contribution in [0.15, 0.2) is 17.0 Å². The predicted molar refractivity (Wildman–Crippen MR) is 92.1 cm³/mol. The molecule has 7 nitrogen and oxygen atoms in total. The second-order valence-corrected chi connectivity index (χ2v) is 8.28. The lowest BCUT2D eigenvalue weighted by molar-refractivity contribution is -0.139. The quantitative estimate of drug-likeness (QED) is 0.760. The van der Waals surface area contributed by atoms with Crippen molar-refractivity contribution in [3.8, 4) is 0 Å². The Labute approximate surface area is 147 Å². The Morgan fingerprint density at radius 1 is 1.36 bits per heavy atom. The minimum atomic E-state index is -3.96. The van der Waals surface area contributed by atoms with Crippen molar-refractivity contribution in [3.63, 3.8) is 0 Å². The van der Waals surface area contributed by atoms with Crippen molar-refractivity contribution in [2.24, 2.45) is 0 Å². The number of sulfonamides is 1. The molecule has 0 aliphatic carbocycles. The van der Waals surface area contributed by atoms with Crippen molar-refractivity contribution < 1.29 is 23.1 Å². The smallest absolute Gasteiger partial charge is 0.321 e. The van der Waals surface area contributed by atoms with Crippen molar-refractivity contribution in [2.75, 3.05) is 11.4 Å². The molecule has 0 saturated carbocycles. The molecule has 1 aromatic rings. The summed E-state index contributed by atoms with van der Waals surface area (Å²) >= 11 is 0. The fourth-order valence-corrected chi connectivity index (χ4v) is 4.82. The van der Waals surface area contributed by atoms with E-state index in [9.17, 15) is 23.1 Å². The summed E-state index contributed by atoms with van der Waals surface area (Å²) in [5.74, 6) is -1.19. The predicted octanol–water partition coefficient (Wildman–Crippen LogP) is 1.44. The zero-order valence-corrected chi connectivity index (χ0v) is 14.9. The zero-order chi connectivity index (χ0) is 18.2. The van der Waals surface area contributed by atoms with E-state index in [1.807, 2.05) is 6.92 Å². The Hall–Kier alpha value is -1.93. The van der Waals surface area contributed by atoms with E-state index in [4.69, 9.17) is 0 Å². The lowest BCUT2D eigenvalue weighted by Crippen LogP contribution is -2.40. The molecular weight excluding hydrogens is 344 g/mol. The zero-order valence-electron chi connectivity index (χ0n) is 14.1. The van der Waals surface area contributed by atoms with Crippen molar-refractivity contribution in [3.05, 3.63) is 23.3 Å². The number of hydrogen-bond donors (Lipinski definition) is 2. The molecule has 2 N–H and O–H groups in total. The number of amides is 1. The van der Waals surface area contributed by atoms with E-state index in [2.05, 4.69) is 4.72 Å². The summed E-state index contributed by atoms with van der Waals surface area (Å²) in [7, 11) is -3.96. The van der Waals surface area contributed by atoms with E-state index < -0.39 is 22.0 Å². The number of rotatable bonds is 7. The third-order valence-corrected chi connectivity index (χ3v) is 6.19. The summed E-state index contributed by atoms with van der Waals surface area (Å²) in [5.41, 5.74) is 2.40. The van der Waals surface area contributed by atoms with Gasteiger partial charge in [0.1, 0.15) is 6.04 Å². The van der Waals surface area contributed by atoms with Gasteiger partial charge in [-0.25, -0.2) is 8.42 Å². The van der Waals surface area contributed by atoms with Crippen LogP contribution in [0.2, 0.25) is 0 Å². The molecule has 0 fully saturated rings. The van der Waals surface area contributed by atoms with Gasteiger partial charge in [0.15, 0.2) is 0 Å². The Kier molecular flexibility index (Phi) is 4.83. The molecule has 2 heterocycles. The van der Waals surface area contributed by atoms with Crippen LogP contribution >= 0.6 is 0 Å². The molecule has 0 bridgehead atoms. The van der Waals surface area contributed by atoms with Crippen LogP contribution in [0, 0.1) is 0 Å². The normalized spacial score (nSPS) is 17.5. The Morgan fingerprint density at radius 2 is 2.08 bits per heavy atom. The first kappa shape index (κ1) is 17.9. The van der Waals surface area contributed by atoms with Crippen molar-refractivity contribution in [2.45, 2.75) is 56.4 Å². The Balaban J connectivity index is 1.92. The van der Waals surface area contributed by atoms with E-state index >= 15 is 0 Å². The van der Waals surface area contributed by atoms with Gasteiger partial charge < -0.3 is 10.0 Å². The van der Waals surface area contributed by atoms with Gasteiger partial charge in [-0.2, -0.15) is 4.72 Å². The summed E-state index contributed by atoms with van der Waals surface area (Å²) in [6.07, 6.45) is 3.36. The number of anilines is 1. The molecule has 2 aliphatic heterocycles. The van der Waals surface area contributed by atoms with Crippen LogP contribution in [0.5, 0.6) is 0 Å². The number of carbonyl (C=O) groups excluding carboxylic acids is 1. The molecule has 8 heteroatoms. The average Bonchev–Trinajstić information content (AvgIpc) is 2.89. The van der Waals surface area contributed by atoms with E-state index in [-0.39, 0.29) is 23.6 Å². The molecule has 1 unspecified atom stereocenters. The number of unbranched alkanes of at least 4 members (excludes halogenated alkanes) is 1. The van der Waals surface area contributed by atoms with Gasteiger partial charge in [-0.05, 0) is 42.5 Å². The number of carboxylic acid groups (broad SMARTS) is 1. The van der Waals surface area contributed by atoms with Crippen molar-refractivity contribution >= 4 is 27.6 Å². The van der Waals surface area contributed by atoms with Crippen LogP contribution < -0.4 is 9.62 Å². The lowest BCUT2D eigenvalue weighted by atomic mass is 10.0. The highest BCUT2D eigenvalue weighted by molar-refractivity contribution is 7.89. The number of benzene rings is 1. The summed E-state index contributed by atoms with van der Waals surface area (Å²) in [6, 6.07) is 1.93. The minimum Gasteiger partial charge on any atom is -0.480 e. The molecule has 0 aromatic heterocycles. The van der Waals surface area contributed by atoms with Crippen LogP contribution in [0.1, 0.15) is 43.7 Å². The SMILES string of the molecule is CCCCC(NS(=O)(=O)c1cc2c3c(c1)CC(=O)N3CCC2)C(=O)O. The molecule has 0 spiro atoms. The number of hydrogen-bond acceptors (Lipinski definition) is 4. The van der Waals surface area contributed by atoms with Gasteiger partial charge in [0, 0.05) is 6.54 Å². The van der Waals surface area contributed by atoms with Gasteiger partial charge in [-0.1, -0.05) is 19.8 Å². The Morgan fingerprint density at radius 3 is 2.76 bits per heavy atom. The second-order valence-electron chi connectivity index (χ2n) is 6.57. The number of aryl methyl sites for hydroxylation is 1. The first-order chi connectivity index (χ1) is 11.8. The average molecular weight is 366 g/mol. The molecule has 25 heavy (non-hydrogen) atoms. The van der Waals surface area contributed by atoms with Crippen LogP contribution in [-0.2, 0) is 32.5 Å². The molecule has 1 amide bonds. The molecule has 1 aromatic carbocycles. The maximum atomic E-state index is 12.7. The standard InChI is InChI=1S/C17H22N2O5S/c1-2-3-6-14(17(21)22)18-25(23,24)13-8-11-5-4-7-19-15(20)10-12(9-13)16(11)19/h8-9,14,18H,2-7,10H2,1H3,(H,21,22). The number of nitrogens with one attached hydrogen (secondary N) is 1. The van der Waals surface area contributed by atoms with Gasteiger partial charge in [0.05, 0.1) is 17.0 Å². The molecule has 0 saturated heterocycles. The highest BCUT2D eigenvalue weighted by Crippen LogP contribution is 2.38. The fraction of sp³-hybridized carbons (Fsp3) is 0.529. The Bertz CT molecular complexity index is 819. The monoisotopic (exact) mass is 366 g/mol. The maximum Gasteiger partial charge on any atom is 0.321 e. The summed E-state index contributed by atoms with van der Waals surface area (Å²) in [4.78, 5) is 25.2. The molecule has 136 valence electrons. The topological polar surface area (TPSA) is 104 Å². The van der Waals surface area contributed by atoms with Crippen LogP contribution in [0.3, 0.4) is 0 Å². The van der Waals surface area contributed by atoms with Gasteiger partial charge in [-0.15, -0.1) is 0 Å². The molecule has 0 radical (unpaired) electrons. The molecule has 1 atom stereocenters. The van der Waals surface area contributed by atoms with Gasteiger partial charge in [0.25, 0.3) is 0 Å². The van der Waals surface area contributed by atoms with Crippen molar-refractivity contribution in [1.82, 2.24) is 4.72 Å². The molecular formula is C17H22N2O5S. The fourth-order valence-electron chi connectivity index (χ4n) is 3.50. The highest BCUT2D eigenvalue weighted by Gasteiger charge is 2.34. The van der Waals surface area contributed by atoms with E-state index in [0.29, 0.717) is 24.9 Å². The first-order valence-electron chi connectivity index (χ1n) is 8.54. The number of aliphatic carboxylic acids is 1. The van der Waals surface area contributed by atoms with E-state index in [1.54, 1.807) is 11.0 Å². The number of carbonyl (C=O) groups is 2. The molecule has 3 rings (SSSR count). The second kappa shape index (κ2) is 6.76. The van der Waals surface area contributed by atoms with E-state index in [1.165, 1.54) is 6.07 Å². The summed E-state index contributed by atoms with van der Waals surface area (Å²) in [5, 5.41) is 9.27. The van der Waals surface area contributed by atoms with Gasteiger partial charge in [-0.3, -0.25) is 9.59 Å². The van der Waals surface area contributed by atoms with Crippen LogP contribution in [0.25, 0.3) is 0 Å². The summed E-state index contributed by atoms with van der Waals surface area (Å²) < 4.78 is 27.7. The number of nitrogens with zero attached hydrogens (tertiary/aromatic N) is 1. The lowest BCUT2D eigenvalue weighted by Gasteiger charge is -2.26. The first-order valence-corrected chi connectivity index (χ1v) is 10.0. The van der Waals surface area contributed by atoms with Gasteiger partial charge in [0.2, 0.25) is 15.9 Å². The minimum absolute atomic E-state index is 0.00943. The third kappa shape index (κ3) is 3.41.